The molecule has 1 aromatic rings. The number of rotatable bonds is 2. The topological polar surface area (TPSA) is 29.1 Å². The van der Waals surface area contributed by atoms with Gasteiger partial charge in [-0.05, 0) is 26.1 Å². The van der Waals surface area contributed by atoms with Crippen molar-refractivity contribution in [2.24, 2.45) is 0 Å². The second-order valence-corrected chi connectivity index (χ2v) is 2.97. The van der Waals surface area contributed by atoms with E-state index in [2.05, 4.69) is 17.2 Å². The van der Waals surface area contributed by atoms with E-state index in [9.17, 15) is 4.79 Å². The fourth-order valence-electron chi connectivity index (χ4n) is 1.05. The summed E-state index contributed by atoms with van der Waals surface area (Å²) in [6, 6.07) is 7.35. The van der Waals surface area contributed by atoms with Gasteiger partial charge in [-0.2, -0.15) is 0 Å². The van der Waals surface area contributed by atoms with Crippen LogP contribution in [0.25, 0.3) is 0 Å². The van der Waals surface area contributed by atoms with E-state index in [-0.39, 0.29) is 5.78 Å². The standard InChI is InChI=1S/C12H13NO/c1-10(14)12-7-3-5-11(9-12)6-4-8-13-2/h3,5,7,9,13H,8H2,1-2H3. The van der Waals surface area contributed by atoms with Gasteiger partial charge in [0, 0.05) is 11.1 Å². The van der Waals surface area contributed by atoms with E-state index in [1.165, 1.54) is 0 Å². The summed E-state index contributed by atoms with van der Waals surface area (Å²) >= 11 is 0. The molecule has 0 fully saturated rings. The molecule has 0 radical (unpaired) electrons. The smallest absolute Gasteiger partial charge is 0.159 e. The van der Waals surface area contributed by atoms with Gasteiger partial charge < -0.3 is 5.32 Å². The second-order valence-electron chi connectivity index (χ2n) is 2.97. The Morgan fingerprint density at radius 1 is 1.50 bits per heavy atom. The average molecular weight is 187 g/mol. The zero-order chi connectivity index (χ0) is 10.4. The summed E-state index contributed by atoms with van der Waals surface area (Å²) < 4.78 is 0. The van der Waals surface area contributed by atoms with Gasteiger partial charge in [-0.3, -0.25) is 4.79 Å². The molecular formula is C12H13NO. The van der Waals surface area contributed by atoms with Gasteiger partial charge in [-0.1, -0.05) is 24.0 Å². The van der Waals surface area contributed by atoms with Gasteiger partial charge in [-0.25, -0.2) is 0 Å². The first-order valence-electron chi connectivity index (χ1n) is 4.48. The molecule has 0 atom stereocenters. The molecule has 0 aromatic heterocycles. The minimum absolute atomic E-state index is 0.0715. The lowest BCUT2D eigenvalue weighted by atomic mass is 10.1. The van der Waals surface area contributed by atoms with Crippen molar-refractivity contribution in [3.63, 3.8) is 0 Å². The average Bonchev–Trinajstić information content (AvgIpc) is 2.19. The van der Waals surface area contributed by atoms with Gasteiger partial charge in [0.25, 0.3) is 0 Å². The summed E-state index contributed by atoms with van der Waals surface area (Å²) in [5.41, 5.74) is 1.59. The normalized spacial score (nSPS) is 9.00. The minimum atomic E-state index is 0.0715. The van der Waals surface area contributed by atoms with Gasteiger partial charge >= 0.3 is 0 Å². The third kappa shape index (κ3) is 3.04. The minimum Gasteiger partial charge on any atom is -0.309 e. The molecule has 0 aliphatic rings. The number of ketones is 1. The molecule has 14 heavy (non-hydrogen) atoms. The highest BCUT2D eigenvalue weighted by Gasteiger charge is 1.97. The van der Waals surface area contributed by atoms with Gasteiger partial charge in [-0.15, -0.1) is 0 Å². The summed E-state index contributed by atoms with van der Waals surface area (Å²) in [6.45, 7) is 2.21. The fraction of sp³-hybridized carbons (Fsp3) is 0.250. The van der Waals surface area contributed by atoms with E-state index in [4.69, 9.17) is 0 Å². The zero-order valence-electron chi connectivity index (χ0n) is 8.42. The Kier molecular flexibility index (Phi) is 3.90. The summed E-state index contributed by atoms with van der Waals surface area (Å²) in [6.07, 6.45) is 0. The lowest BCUT2D eigenvalue weighted by Crippen LogP contribution is -2.04. The van der Waals surface area contributed by atoms with Crippen molar-refractivity contribution in [2.75, 3.05) is 13.6 Å². The first-order valence-corrected chi connectivity index (χ1v) is 4.48. The maximum atomic E-state index is 11.1. The predicted octanol–water partition coefficient (Wildman–Crippen LogP) is 1.46. The van der Waals surface area contributed by atoms with Gasteiger partial charge in [0.15, 0.2) is 5.78 Å². The van der Waals surface area contributed by atoms with Crippen molar-refractivity contribution >= 4 is 5.78 Å². The van der Waals surface area contributed by atoms with Crippen LogP contribution in [0.3, 0.4) is 0 Å². The third-order valence-corrected chi connectivity index (χ3v) is 1.77. The Morgan fingerprint density at radius 3 is 2.93 bits per heavy atom. The molecule has 0 amide bonds. The molecule has 0 aliphatic heterocycles. The van der Waals surface area contributed by atoms with E-state index < -0.39 is 0 Å². The van der Waals surface area contributed by atoms with Crippen LogP contribution in [0.1, 0.15) is 22.8 Å². The molecule has 0 saturated carbocycles. The van der Waals surface area contributed by atoms with Crippen LogP contribution in [0.2, 0.25) is 0 Å². The number of hydrogen-bond donors (Lipinski definition) is 1. The van der Waals surface area contributed by atoms with Crippen LogP contribution < -0.4 is 5.32 Å². The van der Waals surface area contributed by atoms with Crippen LogP contribution in [-0.2, 0) is 0 Å². The molecule has 1 aromatic carbocycles. The van der Waals surface area contributed by atoms with Gasteiger partial charge in [0.2, 0.25) is 0 Å². The van der Waals surface area contributed by atoms with Crippen molar-refractivity contribution in [3.8, 4) is 11.8 Å². The fourth-order valence-corrected chi connectivity index (χ4v) is 1.05. The number of carbonyl (C=O) groups excluding carboxylic acids is 1. The molecule has 0 aliphatic carbocycles. The highest BCUT2D eigenvalue weighted by molar-refractivity contribution is 5.94. The van der Waals surface area contributed by atoms with E-state index in [0.717, 1.165) is 5.56 Å². The first-order chi connectivity index (χ1) is 6.74. The van der Waals surface area contributed by atoms with Crippen LogP contribution >= 0.6 is 0 Å². The lowest BCUT2D eigenvalue weighted by Gasteiger charge is -1.95. The van der Waals surface area contributed by atoms with Crippen LogP contribution in [0, 0.1) is 11.8 Å². The highest BCUT2D eigenvalue weighted by Crippen LogP contribution is 2.04. The zero-order valence-corrected chi connectivity index (χ0v) is 8.42. The number of hydrogen-bond acceptors (Lipinski definition) is 2. The molecule has 0 unspecified atom stereocenters. The van der Waals surface area contributed by atoms with Crippen LogP contribution in [0.15, 0.2) is 24.3 Å². The third-order valence-electron chi connectivity index (χ3n) is 1.77. The molecule has 72 valence electrons. The molecule has 0 bridgehead atoms. The number of benzene rings is 1. The number of carbonyl (C=O) groups is 1. The molecule has 0 heterocycles. The van der Waals surface area contributed by atoms with E-state index in [1.807, 2.05) is 25.2 Å². The molecule has 0 saturated heterocycles. The highest BCUT2D eigenvalue weighted by atomic mass is 16.1. The van der Waals surface area contributed by atoms with Crippen LogP contribution in [-0.4, -0.2) is 19.4 Å². The van der Waals surface area contributed by atoms with Gasteiger partial charge in [0.1, 0.15) is 0 Å². The van der Waals surface area contributed by atoms with Gasteiger partial charge in [0.05, 0.1) is 6.54 Å². The largest absolute Gasteiger partial charge is 0.309 e. The Balaban J connectivity index is 2.85. The van der Waals surface area contributed by atoms with Crippen LogP contribution in [0.4, 0.5) is 0 Å². The summed E-state index contributed by atoms with van der Waals surface area (Å²) in [5.74, 6) is 5.99. The molecule has 1 rings (SSSR count). The number of nitrogens with one attached hydrogen (secondary N) is 1. The Morgan fingerprint density at radius 2 is 2.29 bits per heavy atom. The maximum Gasteiger partial charge on any atom is 0.159 e. The second kappa shape index (κ2) is 5.21. The molecule has 2 heteroatoms. The number of Topliss-reactive ketones (excluding diaryl/α,β-unsaturated/α-hetero) is 1. The Labute approximate surface area is 84.3 Å². The monoisotopic (exact) mass is 187 g/mol. The Hall–Kier alpha value is -1.59. The van der Waals surface area contributed by atoms with E-state index in [0.29, 0.717) is 12.1 Å². The van der Waals surface area contributed by atoms with E-state index in [1.54, 1.807) is 13.0 Å². The summed E-state index contributed by atoms with van der Waals surface area (Å²) in [4.78, 5) is 11.1. The molecule has 0 spiro atoms. The SMILES string of the molecule is CNCC#Cc1cccc(C(C)=O)c1. The quantitative estimate of drug-likeness (QED) is 0.561. The summed E-state index contributed by atoms with van der Waals surface area (Å²) in [7, 11) is 1.85. The Bertz CT molecular complexity index is 385. The first kappa shape index (κ1) is 10.5. The summed E-state index contributed by atoms with van der Waals surface area (Å²) in [5, 5.41) is 2.93. The lowest BCUT2D eigenvalue weighted by molar-refractivity contribution is 0.101. The van der Waals surface area contributed by atoms with Crippen molar-refractivity contribution < 1.29 is 4.79 Å². The van der Waals surface area contributed by atoms with Crippen molar-refractivity contribution in [2.45, 2.75) is 6.92 Å². The van der Waals surface area contributed by atoms with Crippen molar-refractivity contribution in [1.82, 2.24) is 5.32 Å². The van der Waals surface area contributed by atoms with Crippen molar-refractivity contribution in [3.05, 3.63) is 35.4 Å². The molecular weight excluding hydrogens is 174 g/mol. The van der Waals surface area contributed by atoms with Crippen molar-refractivity contribution in [1.29, 1.82) is 0 Å². The maximum absolute atomic E-state index is 11.1. The molecule has 2 nitrogen and oxygen atoms in total. The predicted molar refractivity (Wildman–Crippen MR) is 57.3 cm³/mol. The molecule has 1 N–H and O–H groups in total. The van der Waals surface area contributed by atoms with E-state index >= 15 is 0 Å². The van der Waals surface area contributed by atoms with Crippen LogP contribution in [0.5, 0.6) is 0 Å².